The summed E-state index contributed by atoms with van der Waals surface area (Å²) < 4.78 is 2.16. The Morgan fingerprint density at radius 1 is 1.00 bits per heavy atom. The third-order valence-corrected chi connectivity index (χ3v) is 8.36. The minimum absolute atomic E-state index is 0.183. The van der Waals surface area contributed by atoms with E-state index in [-0.39, 0.29) is 5.54 Å². The van der Waals surface area contributed by atoms with Gasteiger partial charge in [0, 0.05) is 18.3 Å². The molecule has 26 heavy (non-hydrogen) atoms. The van der Waals surface area contributed by atoms with Crippen molar-refractivity contribution in [3.8, 4) is 0 Å². The van der Waals surface area contributed by atoms with Crippen molar-refractivity contribution in [2.75, 3.05) is 4.90 Å². The summed E-state index contributed by atoms with van der Waals surface area (Å²) in [6, 6.07) is 9.44. The van der Waals surface area contributed by atoms with E-state index >= 15 is 0 Å². The van der Waals surface area contributed by atoms with Gasteiger partial charge in [0.05, 0.1) is 23.5 Å². The molecule has 1 spiro atoms. The molecule has 4 saturated carbocycles. The second kappa shape index (κ2) is 4.94. The Balaban J connectivity index is 1.62. The maximum Gasteiger partial charge on any atom is 0.0751 e. The molecule has 3 heteroatoms. The second-order valence-corrected chi connectivity index (χ2v) is 9.53. The molecule has 1 atom stereocenters. The van der Waals surface area contributed by atoms with Gasteiger partial charge in [-0.05, 0) is 81.3 Å². The average molecular weight is 348 g/mol. The van der Waals surface area contributed by atoms with Crippen molar-refractivity contribution in [1.82, 2.24) is 9.78 Å². The van der Waals surface area contributed by atoms with Gasteiger partial charge in [-0.25, -0.2) is 0 Å². The van der Waals surface area contributed by atoms with Crippen LogP contribution in [0.2, 0.25) is 0 Å². The summed E-state index contributed by atoms with van der Waals surface area (Å²) in [6.45, 7) is 4.69. The van der Waals surface area contributed by atoms with Gasteiger partial charge in [-0.3, -0.25) is 4.68 Å². The molecule has 3 nitrogen and oxygen atoms in total. The molecule has 0 saturated heterocycles. The van der Waals surface area contributed by atoms with Gasteiger partial charge in [0.1, 0.15) is 0 Å². The molecule has 5 aliphatic rings. The van der Waals surface area contributed by atoms with E-state index in [2.05, 4.69) is 60.9 Å². The van der Waals surface area contributed by atoms with E-state index in [9.17, 15) is 0 Å². The number of hydrogen-bond donors (Lipinski definition) is 0. The van der Waals surface area contributed by atoms with Gasteiger partial charge in [-0.1, -0.05) is 18.2 Å². The maximum atomic E-state index is 4.74. The number of fused-ring (bicyclic) bond motifs is 1. The van der Waals surface area contributed by atoms with E-state index in [4.69, 9.17) is 5.10 Å². The largest absolute Gasteiger partial charge is 0.353 e. The number of anilines is 1. The summed E-state index contributed by atoms with van der Waals surface area (Å²) in [4.78, 5) is 2.85. The van der Waals surface area contributed by atoms with Crippen molar-refractivity contribution >= 4 is 5.69 Å². The Hall–Kier alpha value is -1.77. The smallest absolute Gasteiger partial charge is 0.0751 e. The number of aryl methyl sites for hydroxylation is 2. The molecule has 0 N–H and O–H groups in total. The van der Waals surface area contributed by atoms with Crippen molar-refractivity contribution in [3.05, 3.63) is 47.3 Å². The fraction of sp³-hybridized carbons (Fsp3) is 0.609. The summed E-state index contributed by atoms with van der Waals surface area (Å²) in [5, 5.41) is 4.74. The number of hydrogen-bond acceptors (Lipinski definition) is 2. The van der Waals surface area contributed by atoms with Gasteiger partial charge >= 0.3 is 0 Å². The highest BCUT2D eigenvalue weighted by Gasteiger charge is 2.65. The van der Waals surface area contributed by atoms with Crippen LogP contribution < -0.4 is 4.90 Å². The number of rotatable bonds is 1. The second-order valence-electron chi connectivity index (χ2n) is 9.53. The summed E-state index contributed by atoms with van der Waals surface area (Å²) in [5.41, 5.74) is 6.06. The third kappa shape index (κ3) is 1.64. The first-order valence-corrected chi connectivity index (χ1v) is 10.5. The van der Waals surface area contributed by atoms with E-state index in [1.54, 1.807) is 5.56 Å². The predicted molar refractivity (Wildman–Crippen MR) is 104 cm³/mol. The van der Waals surface area contributed by atoms with E-state index in [0.29, 0.717) is 6.04 Å². The lowest BCUT2D eigenvalue weighted by Gasteiger charge is -2.63. The molecule has 2 heterocycles. The Kier molecular flexibility index (Phi) is 2.90. The lowest BCUT2D eigenvalue weighted by molar-refractivity contribution is -0.0603. The van der Waals surface area contributed by atoms with Gasteiger partial charge in [-0.15, -0.1) is 0 Å². The Labute approximate surface area is 156 Å². The van der Waals surface area contributed by atoms with Crippen molar-refractivity contribution < 1.29 is 0 Å². The zero-order valence-corrected chi connectivity index (χ0v) is 16.2. The van der Waals surface area contributed by atoms with E-state index < -0.39 is 0 Å². The quantitative estimate of drug-likeness (QED) is 0.727. The predicted octanol–water partition coefficient (Wildman–Crippen LogP) is 4.96. The van der Waals surface area contributed by atoms with Crippen LogP contribution in [0.3, 0.4) is 0 Å². The van der Waals surface area contributed by atoms with Crippen molar-refractivity contribution in [3.63, 3.8) is 0 Å². The highest BCUT2D eigenvalue weighted by Crippen LogP contribution is 2.68. The molecule has 4 aliphatic carbocycles. The third-order valence-electron chi connectivity index (χ3n) is 8.36. The summed E-state index contributed by atoms with van der Waals surface area (Å²) in [5.74, 6) is 3.56. The SMILES string of the molecule is Cc1ccccc1N1C(C)c2c(cnn2C)C12C1CC3CC(C1)CC2C3. The van der Waals surface area contributed by atoms with Crippen LogP contribution in [0, 0.1) is 30.6 Å². The molecule has 0 amide bonds. The molecule has 136 valence electrons. The maximum absolute atomic E-state index is 4.74. The molecular weight excluding hydrogens is 318 g/mol. The first kappa shape index (κ1) is 15.3. The minimum atomic E-state index is 0.183. The van der Waals surface area contributed by atoms with Crippen molar-refractivity contribution in [1.29, 1.82) is 0 Å². The Morgan fingerprint density at radius 3 is 2.31 bits per heavy atom. The lowest BCUT2D eigenvalue weighted by Crippen LogP contribution is -2.62. The normalized spacial score (nSPS) is 39.8. The molecule has 7 rings (SSSR count). The van der Waals surface area contributed by atoms with Crippen LogP contribution in [0.5, 0.6) is 0 Å². The number of para-hydroxylation sites is 1. The van der Waals surface area contributed by atoms with E-state index in [0.717, 1.165) is 23.7 Å². The van der Waals surface area contributed by atoms with Crippen LogP contribution in [-0.2, 0) is 12.6 Å². The minimum Gasteiger partial charge on any atom is -0.353 e. The van der Waals surface area contributed by atoms with Crippen LogP contribution in [0.4, 0.5) is 5.69 Å². The van der Waals surface area contributed by atoms with Gasteiger partial charge in [0.2, 0.25) is 0 Å². The summed E-state index contributed by atoms with van der Waals surface area (Å²) >= 11 is 0. The molecule has 1 aliphatic heterocycles. The zero-order chi connectivity index (χ0) is 17.6. The fourth-order valence-corrected chi connectivity index (χ4v) is 7.80. The van der Waals surface area contributed by atoms with Crippen LogP contribution in [0.15, 0.2) is 30.5 Å². The Morgan fingerprint density at radius 2 is 1.65 bits per heavy atom. The monoisotopic (exact) mass is 347 g/mol. The zero-order valence-electron chi connectivity index (χ0n) is 16.2. The average Bonchev–Trinajstić information content (AvgIpc) is 3.11. The molecule has 1 aromatic carbocycles. The van der Waals surface area contributed by atoms with Crippen LogP contribution in [0.1, 0.15) is 61.9 Å². The highest BCUT2D eigenvalue weighted by atomic mass is 15.4. The fourth-order valence-electron chi connectivity index (χ4n) is 7.80. The Bertz CT molecular complexity index is 851. The van der Waals surface area contributed by atoms with Crippen LogP contribution in [0.25, 0.3) is 0 Å². The molecule has 4 fully saturated rings. The van der Waals surface area contributed by atoms with Crippen molar-refractivity contribution in [2.45, 2.75) is 57.5 Å². The number of nitrogens with zero attached hydrogens (tertiary/aromatic N) is 3. The number of aromatic nitrogens is 2. The van der Waals surface area contributed by atoms with Gasteiger partial charge in [-0.2, -0.15) is 5.10 Å². The standard InChI is InChI=1S/C23H29N3/c1-14-6-4-5-7-21(14)26-15(2)22-20(13-24-25(22)3)23(26)18-9-16-8-17(11-18)12-19(23)10-16/h4-7,13,15-19H,8-12H2,1-3H3. The first-order chi connectivity index (χ1) is 12.6. The van der Waals surface area contributed by atoms with Crippen LogP contribution >= 0.6 is 0 Å². The molecule has 2 aromatic rings. The summed E-state index contributed by atoms with van der Waals surface area (Å²) in [6.07, 6.45) is 9.44. The number of benzene rings is 1. The van der Waals surface area contributed by atoms with Gasteiger partial charge in [0.15, 0.2) is 0 Å². The summed E-state index contributed by atoms with van der Waals surface area (Å²) in [7, 11) is 2.14. The van der Waals surface area contributed by atoms with Crippen molar-refractivity contribution in [2.24, 2.45) is 30.7 Å². The first-order valence-electron chi connectivity index (χ1n) is 10.5. The topological polar surface area (TPSA) is 21.1 Å². The lowest BCUT2D eigenvalue weighted by atomic mass is 9.47. The highest BCUT2D eigenvalue weighted by molar-refractivity contribution is 5.63. The van der Waals surface area contributed by atoms with E-state index in [1.807, 2.05) is 0 Å². The molecule has 4 bridgehead atoms. The molecular formula is C23H29N3. The molecule has 0 radical (unpaired) electrons. The molecule has 1 unspecified atom stereocenters. The van der Waals surface area contributed by atoms with Gasteiger partial charge in [0.25, 0.3) is 0 Å². The van der Waals surface area contributed by atoms with E-state index in [1.165, 1.54) is 49.0 Å². The van der Waals surface area contributed by atoms with Crippen LogP contribution in [-0.4, -0.2) is 9.78 Å². The molecule has 1 aromatic heterocycles. The van der Waals surface area contributed by atoms with Gasteiger partial charge < -0.3 is 4.90 Å².